The molecule has 0 heterocycles. The normalized spacial score (nSPS) is 24.9. The molecule has 1 aromatic carbocycles. The highest BCUT2D eigenvalue weighted by Crippen LogP contribution is 2.30. The van der Waals surface area contributed by atoms with Crippen LogP contribution in [0.4, 0.5) is 0 Å². The smallest absolute Gasteiger partial charge is 0.0406 e. The SMILES string of the molecule is CC(C)CC1CCCC(N[C@@H](C)c2ccc(Cl)cc2)C1. The molecule has 0 amide bonds. The first-order valence-corrected chi connectivity index (χ1v) is 8.44. The number of nitrogens with one attached hydrogen (secondary N) is 1. The van der Waals surface area contributed by atoms with Crippen LogP contribution < -0.4 is 5.32 Å². The van der Waals surface area contributed by atoms with E-state index in [1.807, 2.05) is 12.1 Å². The fraction of sp³-hybridized carbons (Fsp3) is 0.667. The Labute approximate surface area is 129 Å². The molecule has 3 atom stereocenters. The van der Waals surface area contributed by atoms with Crippen molar-refractivity contribution < 1.29 is 0 Å². The van der Waals surface area contributed by atoms with Crippen LogP contribution in [0.15, 0.2) is 24.3 Å². The molecule has 1 nitrogen and oxygen atoms in total. The summed E-state index contributed by atoms with van der Waals surface area (Å²) in [4.78, 5) is 0. The molecule has 2 unspecified atom stereocenters. The lowest BCUT2D eigenvalue weighted by Gasteiger charge is -2.33. The molecule has 1 fully saturated rings. The molecule has 1 aliphatic carbocycles. The van der Waals surface area contributed by atoms with E-state index in [1.165, 1.54) is 37.7 Å². The Balaban J connectivity index is 1.87. The van der Waals surface area contributed by atoms with Gasteiger partial charge in [-0.05, 0) is 55.7 Å². The second-order valence-electron chi connectivity index (χ2n) is 6.80. The van der Waals surface area contributed by atoms with Crippen molar-refractivity contribution in [1.29, 1.82) is 0 Å². The molecule has 1 aromatic rings. The van der Waals surface area contributed by atoms with Crippen molar-refractivity contribution in [3.8, 4) is 0 Å². The number of hydrogen-bond acceptors (Lipinski definition) is 1. The lowest BCUT2D eigenvalue weighted by molar-refractivity contribution is 0.242. The van der Waals surface area contributed by atoms with Crippen molar-refractivity contribution in [2.24, 2.45) is 11.8 Å². The molecule has 1 saturated carbocycles. The molecule has 0 saturated heterocycles. The summed E-state index contributed by atoms with van der Waals surface area (Å²) >= 11 is 5.96. The van der Waals surface area contributed by atoms with E-state index in [1.54, 1.807) is 0 Å². The topological polar surface area (TPSA) is 12.0 Å². The zero-order valence-electron chi connectivity index (χ0n) is 13.0. The molecule has 1 aliphatic rings. The van der Waals surface area contributed by atoms with Crippen molar-refractivity contribution in [1.82, 2.24) is 5.32 Å². The third-order valence-electron chi connectivity index (χ3n) is 4.44. The van der Waals surface area contributed by atoms with Crippen LogP contribution in [0.2, 0.25) is 5.02 Å². The first-order valence-electron chi connectivity index (χ1n) is 8.06. The highest BCUT2D eigenvalue weighted by molar-refractivity contribution is 6.30. The highest BCUT2D eigenvalue weighted by Gasteiger charge is 2.23. The van der Waals surface area contributed by atoms with E-state index in [9.17, 15) is 0 Å². The van der Waals surface area contributed by atoms with Gasteiger partial charge in [-0.15, -0.1) is 0 Å². The molecule has 2 rings (SSSR count). The summed E-state index contributed by atoms with van der Waals surface area (Å²) in [6.45, 7) is 6.94. The lowest BCUT2D eigenvalue weighted by Crippen LogP contribution is -2.36. The number of hydrogen-bond donors (Lipinski definition) is 1. The van der Waals surface area contributed by atoms with E-state index in [0.717, 1.165) is 16.9 Å². The Morgan fingerprint density at radius 2 is 1.85 bits per heavy atom. The van der Waals surface area contributed by atoms with Crippen molar-refractivity contribution in [2.75, 3.05) is 0 Å². The minimum Gasteiger partial charge on any atom is -0.307 e. The molecule has 2 heteroatoms. The van der Waals surface area contributed by atoms with Crippen LogP contribution in [0.1, 0.15) is 64.5 Å². The maximum absolute atomic E-state index is 5.96. The van der Waals surface area contributed by atoms with E-state index in [4.69, 9.17) is 11.6 Å². The Morgan fingerprint density at radius 3 is 2.50 bits per heavy atom. The lowest BCUT2D eigenvalue weighted by atomic mass is 9.81. The van der Waals surface area contributed by atoms with Gasteiger partial charge < -0.3 is 5.32 Å². The summed E-state index contributed by atoms with van der Waals surface area (Å²) in [7, 11) is 0. The minimum atomic E-state index is 0.412. The van der Waals surface area contributed by atoms with Gasteiger partial charge in [-0.1, -0.05) is 50.4 Å². The molecule has 20 heavy (non-hydrogen) atoms. The maximum atomic E-state index is 5.96. The molecular formula is C18H28ClN. The molecule has 0 bridgehead atoms. The predicted octanol–water partition coefficient (Wildman–Crippen LogP) is 5.60. The van der Waals surface area contributed by atoms with Gasteiger partial charge in [0.15, 0.2) is 0 Å². The van der Waals surface area contributed by atoms with Crippen LogP contribution in [0.5, 0.6) is 0 Å². The molecule has 0 spiro atoms. The van der Waals surface area contributed by atoms with Gasteiger partial charge in [0.25, 0.3) is 0 Å². The average molecular weight is 294 g/mol. The monoisotopic (exact) mass is 293 g/mol. The number of rotatable bonds is 5. The maximum Gasteiger partial charge on any atom is 0.0406 e. The molecule has 0 aromatic heterocycles. The summed E-state index contributed by atoms with van der Waals surface area (Å²) in [5, 5.41) is 4.63. The summed E-state index contributed by atoms with van der Waals surface area (Å²) in [5.41, 5.74) is 1.33. The molecular weight excluding hydrogens is 266 g/mol. The van der Waals surface area contributed by atoms with Crippen LogP contribution in [-0.4, -0.2) is 6.04 Å². The Bertz CT molecular complexity index is 398. The van der Waals surface area contributed by atoms with E-state index in [-0.39, 0.29) is 0 Å². The Morgan fingerprint density at radius 1 is 1.15 bits per heavy atom. The third-order valence-corrected chi connectivity index (χ3v) is 4.70. The van der Waals surface area contributed by atoms with Gasteiger partial charge in [0.05, 0.1) is 0 Å². The molecule has 112 valence electrons. The zero-order chi connectivity index (χ0) is 14.5. The fourth-order valence-corrected chi connectivity index (χ4v) is 3.65. The quantitative estimate of drug-likeness (QED) is 0.745. The van der Waals surface area contributed by atoms with Crippen molar-refractivity contribution in [3.63, 3.8) is 0 Å². The van der Waals surface area contributed by atoms with Crippen LogP contribution >= 0.6 is 11.6 Å². The van der Waals surface area contributed by atoms with Gasteiger partial charge in [0, 0.05) is 17.1 Å². The second-order valence-corrected chi connectivity index (χ2v) is 7.24. The highest BCUT2D eigenvalue weighted by atomic mass is 35.5. The first-order chi connectivity index (χ1) is 9.54. The summed E-state index contributed by atoms with van der Waals surface area (Å²) in [5.74, 6) is 1.74. The summed E-state index contributed by atoms with van der Waals surface area (Å²) in [6.07, 6.45) is 6.85. The van der Waals surface area contributed by atoms with Gasteiger partial charge in [-0.25, -0.2) is 0 Å². The van der Waals surface area contributed by atoms with Gasteiger partial charge in [-0.3, -0.25) is 0 Å². The van der Waals surface area contributed by atoms with Crippen molar-refractivity contribution in [2.45, 2.75) is 65.0 Å². The molecule has 1 N–H and O–H groups in total. The van der Waals surface area contributed by atoms with Crippen LogP contribution in [0, 0.1) is 11.8 Å². The Kier molecular flexibility index (Phi) is 5.92. The average Bonchev–Trinajstić information content (AvgIpc) is 2.39. The number of benzene rings is 1. The predicted molar refractivity (Wildman–Crippen MR) is 88.2 cm³/mol. The molecule has 0 aliphatic heterocycles. The van der Waals surface area contributed by atoms with E-state index < -0.39 is 0 Å². The van der Waals surface area contributed by atoms with Gasteiger partial charge in [0.2, 0.25) is 0 Å². The molecule has 0 radical (unpaired) electrons. The third kappa shape index (κ3) is 4.79. The van der Waals surface area contributed by atoms with Crippen LogP contribution in [0.3, 0.4) is 0 Å². The van der Waals surface area contributed by atoms with E-state index in [0.29, 0.717) is 12.1 Å². The van der Waals surface area contributed by atoms with E-state index >= 15 is 0 Å². The summed E-state index contributed by atoms with van der Waals surface area (Å²) < 4.78 is 0. The van der Waals surface area contributed by atoms with Crippen molar-refractivity contribution in [3.05, 3.63) is 34.9 Å². The van der Waals surface area contributed by atoms with Crippen molar-refractivity contribution >= 4 is 11.6 Å². The summed E-state index contributed by atoms with van der Waals surface area (Å²) in [6, 6.07) is 9.32. The van der Waals surface area contributed by atoms with Crippen LogP contribution in [0.25, 0.3) is 0 Å². The first kappa shape index (κ1) is 15.9. The zero-order valence-corrected chi connectivity index (χ0v) is 13.8. The number of halogens is 1. The second kappa shape index (κ2) is 7.47. The fourth-order valence-electron chi connectivity index (χ4n) is 3.52. The standard InChI is InChI=1S/C18H28ClN/c1-13(2)11-15-5-4-6-18(12-15)20-14(3)16-7-9-17(19)10-8-16/h7-10,13-15,18,20H,4-6,11-12H2,1-3H3/t14-,15?,18?/m0/s1. The van der Waals surface area contributed by atoms with Crippen LogP contribution in [-0.2, 0) is 0 Å². The largest absolute Gasteiger partial charge is 0.307 e. The Hall–Kier alpha value is -0.530. The van der Waals surface area contributed by atoms with Gasteiger partial charge in [-0.2, -0.15) is 0 Å². The van der Waals surface area contributed by atoms with Gasteiger partial charge in [0.1, 0.15) is 0 Å². The van der Waals surface area contributed by atoms with Gasteiger partial charge >= 0.3 is 0 Å². The minimum absolute atomic E-state index is 0.412. The van der Waals surface area contributed by atoms with E-state index in [2.05, 4.69) is 38.2 Å².